The first kappa shape index (κ1) is 24.2. The number of piperidine rings is 1. The Balaban J connectivity index is 1.30. The van der Waals surface area contributed by atoms with Gasteiger partial charge in [0.2, 0.25) is 5.78 Å². The molecule has 188 valence electrons. The highest BCUT2D eigenvalue weighted by molar-refractivity contribution is 6.43. The number of nitrogens with one attached hydrogen (secondary N) is 1. The van der Waals surface area contributed by atoms with Crippen molar-refractivity contribution in [3.8, 4) is 0 Å². The molecular weight excluding hydrogens is 461 g/mol. The third-order valence-electron chi connectivity index (χ3n) is 7.29. The van der Waals surface area contributed by atoms with Crippen LogP contribution in [0.3, 0.4) is 0 Å². The van der Waals surface area contributed by atoms with Crippen LogP contribution in [0, 0.1) is 18.7 Å². The highest BCUT2D eigenvalue weighted by atomic mass is 19.1. The molecule has 36 heavy (non-hydrogen) atoms. The Morgan fingerprint density at radius 1 is 0.972 bits per heavy atom. The maximum Gasteiger partial charge on any atom is 0.295 e. The summed E-state index contributed by atoms with van der Waals surface area (Å²) in [5, 5.41) is 0.659. The van der Waals surface area contributed by atoms with E-state index in [1.54, 1.807) is 18.2 Å². The Morgan fingerprint density at radius 3 is 2.36 bits per heavy atom. The first-order chi connectivity index (χ1) is 17.4. The number of hydrogen-bond donors (Lipinski definition) is 1. The number of morpholine rings is 1. The number of rotatable bonds is 5. The number of nitrogens with zero attached hydrogens (tertiary/aromatic N) is 2. The van der Waals surface area contributed by atoms with Crippen molar-refractivity contribution in [2.24, 2.45) is 5.92 Å². The molecule has 7 nitrogen and oxygen atoms in total. The summed E-state index contributed by atoms with van der Waals surface area (Å²) in [7, 11) is 0. The molecule has 1 aromatic heterocycles. The van der Waals surface area contributed by atoms with Crippen molar-refractivity contribution < 1.29 is 23.5 Å². The monoisotopic (exact) mass is 491 g/mol. The van der Waals surface area contributed by atoms with Crippen molar-refractivity contribution >= 4 is 28.5 Å². The van der Waals surface area contributed by atoms with Gasteiger partial charge in [0.1, 0.15) is 5.82 Å². The molecule has 0 aliphatic carbocycles. The van der Waals surface area contributed by atoms with Gasteiger partial charge in [0.15, 0.2) is 0 Å². The van der Waals surface area contributed by atoms with E-state index in [0.29, 0.717) is 56.3 Å². The number of aromatic nitrogens is 1. The summed E-state index contributed by atoms with van der Waals surface area (Å²) >= 11 is 0. The lowest BCUT2D eigenvalue weighted by Crippen LogP contribution is -2.44. The van der Waals surface area contributed by atoms with E-state index in [9.17, 15) is 18.8 Å². The maximum absolute atomic E-state index is 13.6. The van der Waals surface area contributed by atoms with E-state index in [1.807, 2.05) is 24.0 Å². The first-order valence-corrected chi connectivity index (χ1v) is 12.5. The van der Waals surface area contributed by atoms with Gasteiger partial charge in [-0.05, 0) is 68.0 Å². The second kappa shape index (κ2) is 10.2. The number of carbonyl (C=O) groups excluding carboxylic acids is 3. The molecule has 2 aliphatic rings. The van der Waals surface area contributed by atoms with Gasteiger partial charge in [-0.3, -0.25) is 14.4 Å². The molecule has 0 saturated carbocycles. The van der Waals surface area contributed by atoms with Crippen LogP contribution in [-0.4, -0.2) is 71.8 Å². The van der Waals surface area contributed by atoms with Crippen molar-refractivity contribution in [3.63, 3.8) is 0 Å². The lowest BCUT2D eigenvalue weighted by molar-refractivity contribution is -0.130. The smallest absolute Gasteiger partial charge is 0.295 e. The molecule has 0 bridgehead atoms. The summed E-state index contributed by atoms with van der Waals surface area (Å²) in [6.07, 6.45) is 2.63. The van der Waals surface area contributed by atoms with Crippen molar-refractivity contribution in [1.29, 1.82) is 0 Å². The van der Waals surface area contributed by atoms with Gasteiger partial charge in [-0.1, -0.05) is 12.1 Å². The maximum atomic E-state index is 13.6. The van der Waals surface area contributed by atoms with Crippen LogP contribution in [-0.2, 0) is 16.0 Å². The van der Waals surface area contributed by atoms with Crippen LogP contribution in [0.2, 0.25) is 0 Å². The number of aryl methyl sites for hydroxylation is 1. The van der Waals surface area contributed by atoms with Gasteiger partial charge in [0.25, 0.3) is 11.8 Å². The van der Waals surface area contributed by atoms with E-state index in [4.69, 9.17) is 4.74 Å². The largest absolute Gasteiger partial charge is 0.378 e. The lowest BCUT2D eigenvalue weighted by Gasteiger charge is -2.32. The highest BCUT2D eigenvalue weighted by Gasteiger charge is 2.29. The van der Waals surface area contributed by atoms with Crippen LogP contribution in [0.15, 0.2) is 42.5 Å². The van der Waals surface area contributed by atoms with Crippen molar-refractivity contribution in [2.45, 2.75) is 26.2 Å². The Kier molecular flexibility index (Phi) is 6.87. The predicted molar refractivity (Wildman–Crippen MR) is 133 cm³/mol. The first-order valence-electron chi connectivity index (χ1n) is 12.5. The molecule has 5 rings (SSSR count). The zero-order chi connectivity index (χ0) is 25.2. The van der Waals surface area contributed by atoms with Gasteiger partial charge in [-0.2, -0.15) is 0 Å². The summed E-state index contributed by atoms with van der Waals surface area (Å²) in [6, 6.07) is 11.7. The van der Waals surface area contributed by atoms with E-state index in [0.717, 1.165) is 36.0 Å². The van der Waals surface area contributed by atoms with Gasteiger partial charge < -0.3 is 19.5 Å². The van der Waals surface area contributed by atoms with Crippen LogP contribution >= 0.6 is 0 Å². The minimum Gasteiger partial charge on any atom is -0.378 e. The second-order valence-corrected chi connectivity index (χ2v) is 9.69. The molecule has 2 aliphatic heterocycles. The number of carbonyl (C=O) groups is 3. The Labute approximate surface area is 209 Å². The number of halogens is 1. The quantitative estimate of drug-likeness (QED) is 0.435. The fourth-order valence-corrected chi connectivity index (χ4v) is 5.23. The third-order valence-corrected chi connectivity index (χ3v) is 7.29. The van der Waals surface area contributed by atoms with E-state index < -0.39 is 11.7 Å². The number of Topliss-reactive ketones (excluding diaryl/α,β-unsaturated/α-hetero) is 1. The summed E-state index contributed by atoms with van der Waals surface area (Å²) in [4.78, 5) is 45.8. The SMILES string of the molecule is Cc1[nH]c2ccc(C(=O)C(=O)N3CCOCC3)cc2c1C(=O)N1CCC(Cc2ccc(F)cc2)CC1. The number of benzene rings is 2. The third kappa shape index (κ3) is 4.91. The molecule has 2 aromatic carbocycles. The number of likely N-dealkylation sites (tertiary alicyclic amines) is 1. The molecule has 8 heteroatoms. The minimum absolute atomic E-state index is 0.0666. The average Bonchev–Trinajstić information content (AvgIpc) is 3.24. The lowest BCUT2D eigenvalue weighted by atomic mass is 9.90. The fraction of sp³-hybridized carbons (Fsp3) is 0.393. The number of fused-ring (bicyclic) bond motifs is 1. The standard InChI is InChI=1S/C28H30FN3O4/c1-18-25(27(34)31-10-8-20(9-11-31)16-19-2-5-22(29)6-3-19)23-17-21(4-7-24(23)30-18)26(33)28(35)32-12-14-36-15-13-32/h2-7,17,20,30H,8-16H2,1H3. The zero-order valence-corrected chi connectivity index (χ0v) is 20.4. The molecule has 3 heterocycles. The molecular formula is C28H30FN3O4. The second-order valence-electron chi connectivity index (χ2n) is 9.69. The summed E-state index contributed by atoms with van der Waals surface area (Å²) in [5.74, 6) is -0.968. The predicted octanol–water partition coefficient (Wildman–Crippen LogP) is 3.75. The Morgan fingerprint density at radius 2 is 1.67 bits per heavy atom. The van der Waals surface area contributed by atoms with Crippen molar-refractivity contribution in [3.05, 3.63) is 70.7 Å². The highest BCUT2D eigenvalue weighted by Crippen LogP contribution is 2.28. The fourth-order valence-electron chi connectivity index (χ4n) is 5.23. The van der Waals surface area contributed by atoms with Crippen LogP contribution < -0.4 is 0 Å². The Bertz CT molecular complexity index is 1290. The number of ketones is 1. The van der Waals surface area contributed by atoms with Crippen LogP contribution in [0.5, 0.6) is 0 Å². The number of aromatic amines is 1. The Hall–Kier alpha value is -3.52. The number of ether oxygens (including phenoxy) is 1. The van der Waals surface area contributed by atoms with Crippen LogP contribution in [0.1, 0.15) is 44.8 Å². The molecule has 2 saturated heterocycles. The summed E-state index contributed by atoms with van der Waals surface area (Å²) < 4.78 is 18.5. The van der Waals surface area contributed by atoms with Gasteiger partial charge in [-0.15, -0.1) is 0 Å². The van der Waals surface area contributed by atoms with Gasteiger partial charge in [0, 0.05) is 48.3 Å². The van der Waals surface area contributed by atoms with Crippen LogP contribution in [0.4, 0.5) is 4.39 Å². The molecule has 0 radical (unpaired) electrons. The normalized spacial score (nSPS) is 16.9. The summed E-state index contributed by atoms with van der Waals surface area (Å²) in [5.41, 5.74) is 3.45. The van der Waals surface area contributed by atoms with E-state index in [2.05, 4.69) is 4.98 Å². The molecule has 1 N–H and O–H groups in total. The minimum atomic E-state index is -0.572. The van der Waals surface area contributed by atoms with E-state index >= 15 is 0 Å². The van der Waals surface area contributed by atoms with E-state index in [-0.39, 0.29) is 17.3 Å². The molecule has 2 amide bonds. The van der Waals surface area contributed by atoms with E-state index in [1.165, 1.54) is 17.0 Å². The topological polar surface area (TPSA) is 82.7 Å². The molecule has 0 spiro atoms. The number of amides is 2. The van der Waals surface area contributed by atoms with Crippen LogP contribution in [0.25, 0.3) is 10.9 Å². The van der Waals surface area contributed by atoms with Crippen molar-refractivity contribution in [1.82, 2.24) is 14.8 Å². The molecule has 0 unspecified atom stereocenters. The van der Waals surface area contributed by atoms with Crippen molar-refractivity contribution in [2.75, 3.05) is 39.4 Å². The van der Waals surface area contributed by atoms with Gasteiger partial charge in [-0.25, -0.2) is 4.39 Å². The number of H-pyrrole nitrogens is 1. The van der Waals surface area contributed by atoms with Gasteiger partial charge >= 0.3 is 0 Å². The molecule has 3 aromatic rings. The van der Waals surface area contributed by atoms with Gasteiger partial charge in [0.05, 0.1) is 18.8 Å². The number of hydrogen-bond acceptors (Lipinski definition) is 4. The zero-order valence-electron chi connectivity index (χ0n) is 20.4. The molecule has 0 atom stereocenters. The average molecular weight is 492 g/mol. The summed E-state index contributed by atoms with van der Waals surface area (Å²) in [6.45, 7) is 4.79. The molecule has 2 fully saturated rings.